The van der Waals surface area contributed by atoms with E-state index < -0.39 is 23.4 Å². The molecule has 5 aromatic rings. The van der Waals surface area contributed by atoms with Gasteiger partial charge in [-0.25, -0.2) is 19.6 Å². The number of para-hydroxylation sites is 1. The molecule has 2 saturated carbocycles. The Morgan fingerprint density at radius 2 is 1.33 bits per heavy atom. The van der Waals surface area contributed by atoms with Crippen molar-refractivity contribution in [3.63, 3.8) is 0 Å². The van der Waals surface area contributed by atoms with Gasteiger partial charge in [-0.05, 0) is 110 Å². The maximum atomic E-state index is 13.8. The average Bonchev–Trinajstić information content (AvgIpc) is 0.910. The van der Waals surface area contributed by atoms with E-state index in [1.807, 2.05) is 73.3 Å². The number of carboxylic acid groups (broad SMARTS) is 1. The lowest BCUT2D eigenvalue weighted by molar-refractivity contribution is -0.199. The Labute approximate surface area is 572 Å². The first kappa shape index (κ1) is 74.1. The van der Waals surface area contributed by atoms with Crippen molar-refractivity contribution >= 4 is 68.0 Å². The highest BCUT2D eigenvalue weighted by molar-refractivity contribution is 7.22. The monoisotopic (exact) mass is 1360 g/mol. The number of amides is 6. The van der Waals surface area contributed by atoms with Gasteiger partial charge in [0.2, 0.25) is 11.8 Å². The molecule has 4 aliphatic rings. The second-order valence-electron chi connectivity index (χ2n) is 26.7. The first-order valence-corrected chi connectivity index (χ1v) is 34.7. The molecule has 25 nitrogen and oxygen atoms in total. The number of hydrogen-bond donors (Lipinski definition) is 3. The van der Waals surface area contributed by atoms with E-state index in [1.54, 1.807) is 16.0 Å². The summed E-state index contributed by atoms with van der Waals surface area (Å²) in [5.74, 6) is -2.24. The summed E-state index contributed by atoms with van der Waals surface area (Å²) in [6.45, 7) is 20.1. The molecule has 2 aliphatic carbocycles. The van der Waals surface area contributed by atoms with Crippen molar-refractivity contribution in [2.45, 2.75) is 111 Å². The van der Waals surface area contributed by atoms with Gasteiger partial charge in [-0.3, -0.25) is 39.0 Å². The van der Waals surface area contributed by atoms with Crippen LogP contribution in [0.2, 0.25) is 0 Å². The predicted molar refractivity (Wildman–Crippen MR) is 366 cm³/mol. The number of imide groups is 1. The summed E-state index contributed by atoms with van der Waals surface area (Å²) in [6, 6.07) is 17.0. The SMILES string of the molecule is CCC1(Cn2ncc(-c3ccc(-c4ccc5c(c4)N(C(=O)Nc4nc6ccccc6s4)CCC5)nc3C(=O)O)c2C)CC2(C)CC(C)(C)CC(OCCN(C)C(=O)CCOCCOCCOCCOCCOCCOCCOCCOCCNC(=O)CCN3C(=O)C=CC3=O)(C2)C1. The van der Waals surface area contributed by atoms with Crippen molar-refractivity contribution in [2.75, 3.05) is 156 Å². The number of urea groups is 1. The third-order valence-electron chi connectivity index (χ3n) is 18.3. The molecule has 97 heavy (non-hydrogen) atoms. The van der Waals surface area contributed by atoms with Gasteiger partial charge in [0.25, 0.3) is 11.8 Å². The number of carbonyl (C=O) groups is 6. The van der Waals surface area contributed by atoms with E-state index in [0.717, 1.165) is 83.4 Å². The van der Waals surface area contributed by atoms with E-state index in [2.05, 4.69) is 43.3 Å². The molecule has 2 bridgehead atoms. The lowest BCUT2D eigenvalue weighted by atomic mass is 9.47. The van der Waals surface area contributed by atoms with Crippen LogP contribution in [0.1, 0.15) is 107 Å². The molecule has 3 atom stereocenters. The van der Waals surface area contributed by atoms with E-state index in [0.29, 0.717) is 159 Å². The van der Waals surface area contributed by atoms with Crippen LogP contribution in [-0.4, -0.2) is 221 Å². The van der Waals surface area contributed by atoms with Crippen LogP contribution in [0.25, 0.3) is 32.6 Å². The number of pyridine rings is 1. The van der Waals surface area contributed by atoms with E-state index >= 15 is 0 Å². The molecule has 3 aromatic heterocycles. The van der Waals surface area contributed by atoms with Crippen LogP contribution in [-0.2, 0) is 74.8 Å². The summed E-state index contributed by atoms with van der Waals surface area (Å²) in [4.78, 5) is 89.0. The standard InChI is InChI=1S/C71H97N9O16S/c1-7-70(50-80-51(2)55(44-73-80)54-16-17-56(74-64(54)65(85)86)53-15-14-52-11-10-23-78(58(52)43-53)67(87)76-66-75-57-12-8-9-13-59(57)97-66)47-69(5)45-68(3,4)46-71(48-69,49-70)96-28-25-77(6)61(82)21-26-88-29-31-90-33-35-92-37-39-94-41-42-95-40-38-93-36-34-91-32-30-89-27-22-72-60(81)20-24-79-62(83)18-19-63(79)84/h8-9,12-19,43-44H,7,10-11,20-42,45-50H2,1-6H3,(H,72,81)(H,85,86)(H,75,76,87). The highest BCUT2D eigenvalue weighted by Gasteiger charge is 2.59. The molecule has 2 fully saturated rings. The molecule has 2 aliphatic heterocycles. The number of benzene rings is 2. The van der Waals surface area contributed by atoms with Gasteiger partial charge in [-0.15, -0.1) is 0 Å². The minimum Gasteiger partial charge on any atom is -0.476 e. The lowest BCUT2D eigenvalue weighted by Gasteiger charge is -2.62. The highest BCUT2D eigenvalue weighted by Crippen LogP contribution is 2.64. The molecule has 26 heteroatoms. The number of nitrogens with zero attached hydrogens (tertiary/aromatic N) is 7. The number of aromatic nitrogens is 4. The molecule has 0 saturated heterocycles. The van der Waals surface area contributed by atoms with Crippen molar-refractivity contribution < 1.29 is 76.5 Å². The molecule has 9 rings (SSSR count). The minimum absolute atomic E-state index is 0.00265. The van der Waals surface area contributed by atoms with Gasteiger partial charge in [0, 0.05) is 86.4 Å². The van der Waals surface area contributed by atoms with Crippen molar-refractivity contribution in [1.82, 2.24) is 34.9 Å². The van der Waals surface area contributed by atoms with Gasteiger partial charge in [0.05, 0.1) is 146 Å². The Morgan fingerprint density at radius 1 is 0.701 bits per heavy atom. The summed E-state index contributed by atoms with van der Waals surface area (Å²) in [7, 11) is 1.82. The van der Waals surface area contributed by atoms with Crippen LogP contribution in [0.4, 0.5) is 15.6 Å². The first-order valence-electron chi connectivity index (χ1n) is 33.9. The minimum atomic E-state index is -1.15. The van der Waals surface area contributed by atoms with Crippen molar-refractivity contribution in [2.24, 2.45) is 16.2 Å². The topological polar surface area (TPSA) is 283 Å². The summed E-state index contributed by atoms with van der Waals surface area (Å²) in [5, 5.41) is 21.9. The molecule has 528 valence electrons. The third kappa shape index (κ3) is 21.2. The Balaban J connectivity index is 0.622. The fourth-order valence-corrected chi connectivity index (χ4v) is 15.3. The molecule has 6 amide bonds. The number of rotatable bonds is 41. The molecule has 5 heterocycles. The van der Waals surface area contributed by atoms with Crippen LogP contribution >= 0.6 is 11.3 Å². The second-order valence-corrected chi connectivity index (χ2v) is 27.7. The number of likely N-dealkylation sites (N-methyl/N-ethyl adjacent to an activating group) is 1. The number of anilines is 2. The molecule has 2 aromatic carbocycles. The maximum Gasteiger partial charge on any atom is 0.355 e. The van der Waals surface area contributed by atoms with Gasteiger partial charge in [0.1, 0.15) is 0 Å². The summed E-state index contributed by atoms with van der Waals surface area (Å²) >= 11 is 1.43. The van der Waals surface area contributed by atoms with Crippen molar-refractivity contribution in [3.8, 4) is 22.4 Å². The van der Waals surface area contributed by atoms with Gasteiger partial charge < -0.3 is 58.0 Å². The molecule has 0 spiro atoms. The molecule has 3 unspecified atom stereocenters. The third-order valence-corrected chi connectivity index (χ3v) is 19.2. The van der Waals surface area contributed by atoms with Crippen LogP contribution < -0.4 is 15.5 Å². The van der Waals surface area contributed by atoms with E-state index in [4.69, 9.17) is 52.7 Å². The van der Waals surface area contributed by atoms with Gasteiger partial charge in [0.15, 0.2) is 10.8 Å². The van der Waals surface area contributed by atoms with Gasteiger partial charge >= 0.3 is 12.0 Å². The Bertz CT molecular complexity index is 3450. The number of carboxylic acids is 1. The lowest BCUT2D eigenvalue weighted by Crippen LogP contribution is -2.58. The molecular formula is C71H97N9O16S. The smallest absolute Gasteiger partial charge is 0.355 e. The maximum absolute atomic E-state index is 13.8. The number of nitrogens with one attached hydrogen (secondary N) is 2. The zero-order valence-corrected chi connectivity index (χ0v) is 58.0. The predicted octanol–water partition coefficient (Wildman–Crippen LogP) is 8.79. The Hall–Kier alpha value is -7.11. The van der Waals surface area contributed by atoms with Crippen LogP contribution in [0, 0.1) is 23.2 Å². The summed E-state index contributed by atoms with van der Waals surface area (Å²) in [6.07, 6.45) is 11.7. The van der Waals surface area contributed by atoms with E-state index in [-0.39, 0.29) is 65.8 Å². The average molecular weight is 1360 g/mol. The van der Waals surface area contributed by atoms with Crippen molar-refractivity contribution in [1.29, 1.82) is 0 Å². The number of aromatic carboxylic acids is 1. The number of hydrogen-bond acceptors (Lipinski definition) is 19. The fourth-order valence-electron chi connectivity index (χ4n) is 14.5. The number of carbonyl (C=O) groups excluding carboxylic acids is 5. The Kier molecular flexibility index (Phi) is 27.2. The van der Waals surface area contributed by atoms with E-state index in [1.165, 1.54) is 23.5 Å². The van der Waals surface area contributed by atoms with Gasteiger partial charge in [-0.1, -0.05) is 63.3 Å². The Morgan fingerprint density at radius 3 is 1.96 bits per heavy atom. The highest BCUT2D eigenvalue weighted by atomic mass is 32.1. The zero-order valence-electron chi connectivity index (χ0n) is 57.2. The molecule has 3 N–H and O–H groups in total. The largest absolute Gasteiger partial charge is 0.476 e. The van der Waals surface area contributed by atoms with E-state index in [9.17, 15) is 33.9 Å². The quantitative estimate of drug-likeness (QED) is 0.0243. The van der Waals surface area contributed by atoms with Crippen LogP contribution in [0.15, 0.2) is 72.9 Å². The van der Waals surface area contributed by atoms with Crippen LogP contribution in [0.3, 0.4) is 0 Å². The zero-order chi connectivity index (χ0) is 68.8. The van der Waals surface area contributed by atoms with Crippen LogP contribution in [0.5, 0.6) is 0 Å². The number of aryl methyl sites for hydroxylation is 1. The summed E-state index contributed by atoms with van der Waals surface area (Å²) in [5.41, 5.74) is 5.27. The van der Waals surface area contributed by atoms with Gasteiger partial charge in [-0.2, -0.15) is 5.10 Å². The fraction of sp³-hybridized carbons (Fsp3) is 0.592. The summed E-state index contributed by atoms with van der Waals surface area (Å²) < 4.78 is 54.7. The normalized spacial score (nSPS) is 19.6. The molecular weight excluding hydrogens is 1270 g/mol. The number of ether oxygens (including phenoxy) is 9. The second kappa shape index (κ2) is 35.6. The molecule has 0 radical (unpaired) electrons. The number of thiazole rings is 1. The first-order chi connectivity index (χ1) is 46.8. The van der Waals surface area contributed by atoms with Crippen molar-refractivity contribution in [3.05, 3.63) is 89.9 Å². The number of fused-ring (bicyclic) bond motifs is 4.